The Morgan fingerprint density at radius 2 is 1.83 bits per heavy atom. The molecule has 0 unspecified atom stereocenters. The van der Waals surface area contributed by atoms with Crippen LogP contribution in [-0.2, 0) is 19.4 Å². The molecule has 0 aliphatic heterocycles. The van der Waals surface area contributed by atoms with Gasteiger partial charge in [-0.2, -0.15) is 4.98 Å². The van der Waals surface area contributed by atoms with Gasteiger partial charge >= 0.3 is 5.69 Å². The summed E-state index contributed by atoms with van der Waals surface area (Å²) in [5, 5.41) is 13.1. The monoisotopic (exact) mass is 753 g/mol. The van der Waals surface area contributed by atoms with Crippen molar-refractivity contribution in [3.63, 3.8) is 0 Å². The predicted octanol–water partition coefficient (Wildman–Crippen LogP) is 5.03. The number of halogens is 2. The van der Waals surface area contributed by atoms with Crippen LogP contribution in [0.3, 0.4) is 0 Å². The number of nitrogens with zero attached hydrogens (tertiary/aromatic N) is 6. The molecule has 8 N–H and O–H groups in total. The van der Waals surface area contributed by atoms with Gasteiger partial charge in [0.2, 0.25) is 0 Å². The van der Waals surface area contributed by atoms with Gasteiger partial charge < -0.3 is 32.2 Å². The minimum absolute atomic E-state index is 0.0364. The molecule has 0 radical (unpaired) electrons. The lowest BCUT2D eigenvalue weighted by Gasteiger charge is -2.19. The van der Waals surface area contributed by atoms with Gasteiger partial charge in [-0.1, -0.05) is 41.1 Å². The highest BCUT2D eigenvalue weighted by atomic mass is 35.5. The van der Waals surface area contributed by atoms with Gasteiger partial charge in [-0.25, -0.2) is 13.9 Å². The number of nitrogens with two attached hydrogens (primary N) is 3. The van der Waals surface area contributed by atoms with E-state index in [1.54, 1.807) is 31.5 Å². The van der Waals surface area contributed by atoms with E-state index in [2.05, 4.69) is 30.6 Å². The van der Waals surface area contributed by atoms with Crippen molar-refractivity contribution in [3.8, 4) is 22.7 Å². The minimum Gasteiger partial charge on any atom is -0.497 e. The van der Waals surface area contributed by atoms with Crippen molar-refractivity contribution < 1.29 is 9.13 Å². The maximum atomic E-state index is 15.3. The maximum absolute atomic E-state index is 15.3. The molecule has 3 aromatic heterocycles. The Morgan fingerprint density at radius 1 is 1.06 bits per heavy atom. The Bertz CT molecular complexity index is 2260. The zero-order valence-electron chi connectivity index (χ0n) is 30.3. The van der Waals surface area contributed by atoms with Gasteiger partial charge in [-0.3, -0.25) is 9.56 Å². The average Bonchev–Trinajstić information content (AvgIpc) is 3.78. The van der Waals surface area contributed by atoms with E-state index in [-0.39, 0.29) is 23.1 Å². The minimum atomic E-state index is -0.538. The van der Waals surface area contributed by atoms with Crippen LogP contribution in [0.2, 0.25) is 5.02 Å². The van der Waals surface area contributed by atoms with Crippen LogP contribution in [0.4, 0.5) is 4.39 Å². The van der Waals surface area contributed by atoms with Crippen molar-refractivity contribution in [1.29, 1.82) is 0 Å². The van der Waals surface area contributed by atoms with Gasteiger partial charge in [0, 0.05) is 48.4 Å². The maximum Gasteiger partial charge on any atom is 0.354 e. The summed E-state index contributed by atoms with van der Waals surface area (Å²) in [6, 6.07) is 20.7. The molecule has 0 fully saturated rings. The van der Waals surface area contributed by atoms with Crippen molar-refractivity contribution in [2.45, 2.75) is 57.7 Å². The van der Waals surface area contributed by atoms with Crippen LogP contribution in [-0.4, -0.2) is 61.7 Å². The fourth-order valence-electron chi connectivity index (χ4n) is 6.31. The number of ether oxygens (including phenoxy) is 1. The summed E-state index contributed by atoms with van der Waals surface area (Å²) in [6.45, 7) is 3.68. The number of rotatable bonds is 17. The number of aromatic amines is 1. The van der Waals surface area contributed by atoms with Crippen molar-refractivity contribution in [1.82, 2.24) is 34.8 Å². The second-order valence-electron chi connectivity index (χ2n) is 13.4. The first-order valence-corrected chi connectivity index (χ1v) is 18.2. The van der Waals surface area contributed by atoms with Crippen molar-refractivity contribution in [3.05, 3.63) is 123 Å². The van der Waals surface area contributed by atoms with Crippen LogP contribution in [0, 0.1) is 5.82 Å². The molecular weight excluding hydrogens is 709 g/mol. The number of guanidine groups is 1. The third-order valence-electron chi connectivity index (χ3n) is 9.11. The van der Waals surface area contributed by atoms with E-state index in [9.17, 15) is 4.79 Å². The lowest BCUT2D eigenvalue weighted by atomic mass is 10.0. The molecule has 6 aromatic rings. The number of nitrogens with one attached hydrogen (secondary N) is 2. The molecule has 0 saturated carbocycles. The van der Waals surface area contributed by atoms with Gasteiger partial charge in [0.05, 0.1) is 35.8 Å². The van der Waals surface area contributed by atoms with E-state index in [0.717, 1.165) is 47.4 Å². The number of aliphatic imine (C=N–C) groups is 1. The number of hydrogen-bond acceptors (Lipinski definition) is 8. The lowest BCUT2D eigenvalue weighted by Crippen LogP contribution is -2.26. The summed E-state index contributed by atoms with van der Waals surface area (Å²) in [7, 11) is 1.64. The molecule has 282 valence electrons. The summed E-state index contributed by atoms with van der Waals surface area (Å²) in [4.78, 5) is 24.7. The summed E-state index contributed by atoms with van der Waals surface area (Å²) < 4.78 is 23.8. The fourth-order valence-corrected chi connectivity index (χ4v) is 6.56. The normalized spacial score (nSPS) is 12.5. The molecule has 13 nitrogen and oxygen atoms in total. The Kier molecular flexibility index (Phi) is 12.4. The topological polar surface area (TPSA) is 193 Å². The molecule has 2 atom stereocenters. The van der Waals surface area contributed by atoms with E-state index in [1.807, 2.05) is 66.3 Å². The van der Waals surface area contributed by atoms with Crippen LogP contribution in [0.25, 0.3) is 28.0 Å². The Hall–Kier alpha value is -5.57. The molecule has 0 bridgehead atoms. The molecule has 0 aliphatic rings. The molecular formula is C39H45ClFN11O2. The van der Waals surface area contributed by atoms with Crippen molar-refractivity contribution >= 4 is 28.6 Å². The third-order valence-corrected chi connectivity index (χ3v) is 9.38. The van der Waals surface area contributed by atoms with E-state index < -0.39 is 11.5 Å². The first-order valence-electron chi connectivity index (χ1n) is 17.8. The quantitative estimate of drug-likeness (QED) is 0.0483. The van der Waals surface area contributed by atoms with Crippen LogP contribution in [0.1, 0.15) is 54.6 Å². The summed E-state index contributed by atoms with van der Waals surface area (Å²) in [6.07, 6.45) is 7.35. The Balaban J connectivity index is 1.21. The summed E-state index contributed by atoms with van der Waals surface area (Å²) in [5.74, 6) is 0.315. The summed E-state index contributed by atoms with van der Waals surface area (Å²) in [5.41, 5.74) is 22.0. The average molecular weight is 754 g/mol. The smallest absolute Gasteiger partial charge is 0.354 e. The van der Waals surface area contributed by atoms with Crippen molar-refractivity contribution in [2.75, 3.05) is 20.2 Å². The molecule has 3 heterocycles. The highest BCUT2D eigenvalue weighted by Gasteiger charge is 2.18. The standard InChI is InChI=1S/C39H45ClFN11O2/c1-24(42)5-3-6-26-17-32(36(41)33(40)18-26)35-19-28-22-52(39(53)48-37(28)47-35)30-11-9-27(10-12-30)34(45-15-4-16-46-38(43)44)20-29-23-51(50-49-29)21-25-7-13-31(54-2)14-8-25/h7-14,17-19,22-24,34,45H,3-6,15-16,20-21,42H2,1-2H3,(H4,43,44,46)(H,47,48,53)/t24-,34-/m0/s1. The first-order chi connectivity index (χ1) is 26.1. The second kappa shape index (κ2) is 17.5. The molecule has 0 saturated heterocycles. The Morgan fingerprint density at radius 3 is 2.56 bits per heavy atom. The largest absolute Gasteiger partial charge is 0.497 e. The molecule has 0 spiro atoms. The SMILES string of the molecule is COc1ccc(Cn2cc(C[C@H](NCCCN=C(N)N)c3ccc(-n4cc5cc(-c6cc(CCC[C@H](C)N)cc(Cl)c6F)[nH]c5nc4=O)cc3)nn2)cc1. The predicted molar refractivity (Wildman–Crippen MR) is 211 cm³/mol. The van der Waals surface area contributed by atoms with Gasteiger partial charge in [-0.15, -0.1) is 5.10 Å². The number of aryl methyl sites for hydroxylation is 1. The zero-order chi connectivity index (χ0) is 38.2. The van der Waals surface area contributed by atoms with Crippen LogP contribution < -0.4 is 32.9 Å². The highest BCUT2D eigenvalue weighted by Crippen LogP contribution is 2.31. The van der Waals surface area contributed by atoms with Gasteiger partial charge in [0.25, 0.3) is 0 Å². The second-order valence-corrected chi connectivity index (χ2v) is 13.8. The molecule has 0 aliphatic carbocycles. The molecule has 0 amide bonds. The van der Waals surface area contributed by atoms with Crippen LogP contribution in [0.15, 0.2) is 88.9 Å². The highest BCUT2D eigenvalue weighted by molar-refractivity contribution is 6.31. The molecule has 6 rings (SSSR count). The van der Waals surface area contributed by atoms with Gasteiger partial charge in [0.15, 0.2) is 11.8 Å². The number of benzene rings is 3. The van der Waals surface area contributed by atoms with Crippen molar-refractivity contribution in [2.24, 2.45) is 22.2 Å². The van der Waals surface area contributed by atoms with Gasteiger partial charge in [-0.05, 0) is 98.3 Å². The molecule has 15 heteroatoms. The number of fused-ring (bicyclic) bond motifs is 1. The van der Waals surface area contributed by atoms with Crippen LogP contribution >= 0.6 is 11.6 Å². The lowest BCUT2D eigenvalue weighted by molar-refractivity contribution is 0.414. The van der Waals surface area contributed by atoms with E-state index >= 15 is 4.39 Å². The number of methoxy groups -OCH3 is 1. The summed E-state index contributed by atoms with van der Waals surface area (Å²) >= 11 is 6.30. The molecule has 54 heavy (non-hydrogen) atoms. The Labute approximate surface area is 317 Å². The van der Waals surface area contributed by atoms with E-state index in [4.69, 9.17) is 33.5 Å². The first kappa shape index (κ1) is 38.2. The van der Waals surface area contributed by atoms with E-state index in [1.165, 1.54) is 4.57 Å². The van der Waals surface area contributed by atoms with Crippen LogP contribution in [0.5, 0.6) is 5.75 Å². The number of hydrogen-bond donors (Lipinski definition) is 5. The number of H-pyrrole nitrogens is 1. The number of aromatic nitrogens is 6. The van der Waals surface area contributed by atoms with E-state index in [0.29, 0.717) is 60.5 Å². The third kappa shape index (κ3) is 9.69. The molecule has 3 aromatic carbocycles. The van der Waals surface area contributed by atoms with Gasteiger partial charge in [0.1, 0.15) is 11.4 Å². The fraction of sp³-hybridized carbons (Fsp3) is 0.308. The zero-order valence-corrected chi connectivity index (χ0v) is 31.1.